The van der Waals surface area contributed by atoms with Gasteiger partial charge in [0.1, 0.15) is 5.82 Å². The van der Waals surface area contributed by atoms with Gasteiger partial charge in [-0.05, 0) is 41.0 Å². The Morgan fingerprint density at radius 3 is 2.72 bits per heavy atom. The molecule has 0 amide bonds. The minimum absolute atomic E-state index is 0.0174. The first kappa shape index (κ1) is 13.2. The Labute approximate surface area is 114 Å². The highest BCUT2D eigenvalue weighted by atomic mass is 79.9. The van der Waals surface area contributed by atoms with Gasteiger partial charge in [-0.1, -0.05) is 18.2 Å². The first-order valence-electron chi connectivity index (χ1n) is 5.71. The quantitative estimate of drug-likeness (QED) is 0.941. The molecule has 3 nitrogen and oxygen atoms in total. The maximum atomic E-state index is 13.7. The lowest BCUT2D eigenvalue weighted by molar-refractivity contribution is 0.518. The van der Waals surface area contributed by atoms with Gasteiger partial charge in [-0.2, -0.15) is 5.10 Å². The van der Waals surface area contributed by atoms with Crippen LogP contribution in [0.2, 0.25) is 0 Å². The van der Waals surface area contributed by atoms with E-state index in [1.165, 1.54) is 6.07 Å². The van der Waals surface area contributed by atoms with Crippen LogP contribution in [-0.4, -0.2) is 16.8 Å². The van der Waals surface area contributed by atoms with Crippen LogP contribution >= 0.6 is 15.9 Å². The molecule has 0 aliphatic rings. The highest BCUT2D eigenvalue weighted by Crippen LogP contribution is 2.25. The van der Waals surface area contributed by atoms with Crippen LogP contribution in [0.1, 0.15) is 17.3 Å². The third-order valence-electron chi connectivity index (χ3n) is 3.00. The molecule has 0 saturated heterocycles. The fourth-order valence-corrected chi connectivity index (χ4v) is 2.66. The van der Waals surface area contributed by atoms with E-state index in [4.69, 9.17) is 0 Å². The summed E-state index contributed by atoms with van der Waals surface area (Å²) in [5.41, 5.74) is 1.71. The third kappa shape index (κ3) is 2.62. The molecule has 0 fully saturated rings. The number of nitrogens with one attached hydrogen (secondary N) is 1. The maximum Gasteiger partial charge on any atom is 0.126 e. The van der Waals surface area contributed by atoms with Gasteiger partial charge in [0.15, 0.2) is 0 Å². The highest BCUT2D eigenvalue weighted by molar-refractivity contribution is 9.10. The van der Waals surface area contributed by atoms with Crippen molar-refractivity contribution >= 4 is 15.9 Å². The molecule has 5 heteroatoms. The Morgan fingerprint density at radius 1 is 1.44 bits per heavy atom. The van der Waals surface area contributed by atoms with Crippen molar-refractivity contribution in [1.82, 2.24) is 15.1 Å². The molecule has 2 rings (SSSR count). The van der Waals surface area contributed by atoms with E-state index in [2.05, 4.69) is 26.3 Å². The van der Waals surface area contributed by atoms with E-state index in [0.29, 0.717) is 12.0 Å². The number of aromatic nitrogens is 2. The van der Waals surface area contributed by atoms with Gasteiger partial charge in [-0.3, -0.25) is 4.68 Å². The third-order valence-corrected chi connectivity index (χ3v) is 3.61. The minimum atomic E-state index is -0.170. The predicted octanol–water partition coefficient (Wildman–Crippen LogP) is 2.82. The molecule has 0 saturated carbocycles. The predicted molar refractivity (Wildman–Crippen MR) is 72.8 cm³/mol. The molecule has 18 heavy (non-hydrogen) atoms. The molecule has 1 aromatic carbocycles. The molecular weight excluding hydrogens is 297 g/mol. The molecule has 1 N–H and O–H groups in total. The van der Waals surface area contributed by atoms with Gasteiger partial charge in [0.25, 0.3) is 0 Å². The number of aryl methyl sites for hydroxylation is 1. The molecule has 96 valence electrons. The molecule has 0 bridgehead atoms. The number of hydrogen-bond donors (Lipinski definition) is 1. The van der Waals surface area contributed by atoms with Crippen molar-refractivity contribution in [3.8, 4) is 0 Å². The Kier molecular flexibility index (Phi) is 4.14. The van der Waals surface area contributed by atoms with Crippen LogP contribution < -0.4 is 5.32 Å². The number of benzene rings is 1. The zero-order valence-corrected chi connectivity index (χ0v) is 11.9. The smallest absolute Gasteiger partial charge is 0.126 e. The second kappa shape index (κ2) is 5.63. The molecule has 0 radical (unpaired) electrons. The maximum absolute atomic E-state index is 13.7. The van der Waals surface area contributed by atoms with Crippen molar-refractivity contribution in [1.29, 1.82) is 0 Å². The summed E-state index contributed by atoms with van der Waals surface area (Å²) < 4.78 is 16.4. The summed E-state index contributed by atoms with van der Waals surface area (Å²) >= 11 is 3.47. The van der Waals surface area contributed by atoms with Crippen LogP contribution in [0.5, 0.6) is 0 Å². The standard InChI is InChI=1S/C13H15BrFN3/c1-16-12(13-10(14)8-17-18(13)2)7-9-5-3-4-6-11(9)15/h3-6,8,12,16H,7H2,1-2H3. The summed E-state index contributed by atoms with van der Waals surface area (Å²) in [7, 11) is 3.75. The zero-order valence-electron chi connectivity index (χ0n) is 10.3. The second-order valence-corrected chi connectivity index (χ2v) is 4.99. The van der Waals surface area contributed by atoms with Crippen molar-refractivity contribution < 1.29 is 4.39 Å². The molecule has 0 aliphatic heterocycles. The van der Waals surface area contributed by atoms with E-state index in [0.717, 1.165) is 10.2 Å². The molecular formula is C13H15BrFN3. The Morgan fingerprint density at radius 2 is 2.17 bits per heavy atom. The van der Waals surface area contributed by atoms with Gasteiger partial charge in [0, 0.05) is 7.05 Å². The van der Waals surface area contributed by atoms with E-state index in [1.54, 1.807) is 16.9 Å². The van der Waals surface area contributed by atoms with E-state index in [-0.39, 0.29) is 11.9 Å². The first-order valence-corrected chi connectivity index (χ1v) is 6.51. The van der Waals surface area contributed by atoms with Crippen molar-refractivity contribution in [2.45, 2.75) is 12.5 Å². The van der Waals surface area contributed by atoms with Crippen LogP contribution in [0.4, 0.5) is 4.39 Å². The first-order chi connectivity index (χ1) is 8.63. The summed E-state index contributed by atoms with van der Waals surface area (Å²) in [5.74, 6) is -0.170. The second-order valence-electron chi connectivity index (χ2n) is 4.14. The molecule has 1 atom stereocenters. The fourth-order valence-electron chi connectivity index (χ4n) is 2.03. The molecule has 1 heterocycles. The van der Waals surface area contributed by atoms with Crippen LogP contribution in [0, 0.1) is 5.82 Å². The van der Waals surface area contributed by atoms with Gasteiger partial charge in [-0.25, -0.2) is 4.39 Å². The van der Waals surface area contributed by atoms with Crippen molar-refractivity contribution in [2.75, 3.05) is 7.05 Å². The lowest BCUT2D eigenvalue weighted by Crippen LogP contribution is -2.22. The Hall–Kier alpha value is -1.20. The number of likely N-dealkylation sites (N-methyl/N-ethyl adjacent to an activating group) is 1. The van der Waals surface area contributed by atoms with Gasteiger partial charge < -0.3 is 5.32 Å². The van der Waals surface area contributed by atoms with Crippen LogP contribution in [-0.2, 0) is 13.5 Å². The summed E-state index contributed by atoms with van der Waals surface area (Å²) in [4.78, 5) is 0. The van der Waals surface area contributed by atoms with Gasteiger partial charge >= 0.3 is 0 Å². The number of hydrogen-bond acceptors (Lipinski definition) is 2. The minimum Gasteiger partial charge on any atom is -0.311 e. The summed E-state index contributed by atoms with van der Waals surface area (Å²) in [6.45, 7) is 0. The van der Waals surface area contributed by atoms with E-state index >= 15 is 0 Å². The van der Waals surface area contributed by atoms with Crippen LogP contribution in [0.25, 0.3) is 0 Å². The molecule has 0 aliphatic carbocycles. The monoisotopic (exact) mass is 311 g/mol. The van der Waals surface area contributed by atoms with Crippen molar-refractivity contribution in [3.05, 3.63) is 52.0 Å². The van der Waals surface area contributed by atoms with Gasteiger partial charge in [0.2, 0.25) is 0 Å². The number of rotatable bonds is 4. The van der Waals surface area contributed by atoms with Crippen LogP contribution in [0.3, 0.4) is 0 Å². The normalized spacial score (nSPS) is 12.7. The lowest BCUT2D eigenvalue weighted by Gasteiger charge is -2.17. The Bertz CT molecular complexity index is 519. The van der Waals surface area contributed by atoms with E-state index in [1.807, 2.05) is 26.2 Å². The Balaban J connectivity index is 2.28. The van der Waals surface area contributed by atoms with E-state index < -0.39 is 0 Å². The fraction of sp³-hybridized carbons (Fsp3) is 0.308. The van der Waals surface area contributed by atoms with E-state index in [9.17, 15) is 4.39 Å². The van der Waals surface area contributed by atoms with Gasteiger partial charge in [-0.15, -0.1) is 0 Å². The largest absolute Gasteiger partial charge is 0.311 e. The average Bonchev–Trinajstić information content (AvgIpc) is 2.69. The topological polar surface area (TPSA) is 29.9 Å². The molecule has 0 spiro atoms. The van der Waals surface area contributed by atoms with Crippen molar-refractivity contribution in [3.63, 3.8) is 0 Å². The summed E-state index contributed by atoms with van der Waals surface area (Å²) in [6, 6.07) is 6.87. The SMILES string of the molecule is CNC(Cc1ccccc1F)c1c(Br)cnn1C. The average molecular weight is 312 g/mol. The number of nitrogens with zero attached hydrogens (tertiary/aromatic N) is 2. The summed E-state index contributed by atoms with van der Waals surface area (Å²) in [6.07, 6.45) is 2.34. The molecule has 1 unspecified atom stereocenters. The van der Waals surface area contributed by atoms with Crippen molar-refractivity contribution in [2.24, 2.45) is 7.05 Å². The van der Waals surface area contributed by atoms with Crippen LogP contribution in [0.15, 0.2) is 34.9 Å². The molecule has 2 aromatic rings. The zero-order chi connectivity index (χ0) is 13.1. The highest BCUT2D eigenvalue weighted by Gasteiger charge is 2.18. The summed E-state index contributed by atoms with van der Waals surface area (Å²) in [5, 5.41) is 7.39. The van der Waals surface area contributed by atoms with Gasteiger partial charge in [0.05, 0.1) is 22.4 Å². The lowest BCUT2D eigenvalue weighted by atomic mass is 10.0. The number of halogens is 2. The molecule has 1 aromatic heterocycles.